The van der Waals surface area contributed by atoms with Crippen LogP contribution in [0, 0.1) is 5.82 Å². The highest BCUT2D eigenvalue weighted by atomic mass is 35.5. The van der Waals surface area contributed by atoms with Gasteiger partial charge < -0.3 is 11.5 Å². The molecule has 18 heavy (non-hydrogen) atoms. The van der Waals surface area contributed by atoms with Gasteiger partial charge in [0.2, 0.25) is 0 Å². The Morgan fingerprint density at radius 2 is 2.00 bits per heavy atom. The van der Waals surface area contributed by atoms with Crippen LogP contribution >= 0.6 is 11.6 Å². The largest absolute Gasteiger partial charge is 0.370 e. The standard InChI is InChI=1S/C13H17ClFN3/c14-10-5-3-4-9(11(10)15)13(6-1-2-7-13)8-18-12(16)17/h3-5H,1-2,6-8H2,(H4,16,17,18). The van der Waals surface area contributed by atoms with Crippen LogP contribution in [0.5, 0.6) is 0 Å². The predicted octanol–water partition coefficient (Wildman–Crippen LogP) is 2.56. The minimum Gasteiger partial charge on any atom is -0.370 e. The van der Waals surface area contributed by atoms with E-state index in [1.165, 1.54) is 0 Å². The van der Waals surface area contributed by atoms with Crippen LogP contribution in [0.1, 0.15) is 31.2 Å². The lowest BCUT2D eigenvalue weighted by Gasteiger charge is -2.28. The van der Waals surface area contributed by atoms with Crippen molar-refractivity contribution >= 4 is 17.6 Å². The monoisotopic (exact) mass is 269 g/mol. The number of guanidine groups is 1. The Morgan fingerprint density at radius 3 is 2.61 bits per heavy atom. The summed E-state index contributed by atoms with van der Waals surface area (Å²) in [5.74, 6) is -0.296. The molecule has 0 heterocycles. The lowest BCUT2D eigenvalue weighted by molar-refractivity contribution is 0.428. The van der Waals surface area contributed by atoms with E-state index in [0.29, 0.717) is 12.1 Å². The molecule has 0 amide bonds. The predicted molar refractivity (Wildman–Crippen MR) is 72.2 cm³/mol. The van der Waals surface area contributed by atoms with E-state index in [2.05, 4.69) is 4.99 Å². The van der Waals surface area contributed by atoms with Gasteiger partial charge in [0.15, 0.2) is 5.96 Å². The molecule has 0 atom stereocenters. The zero-order valence-electron chi connectivity index (χ0n) is 10.1. The molecule has 0 aliphatic heterocycles. The van der Waals surface area contributed by atoms with Crippen LogP contribution in [0.25, 0.3) is 0 Å². The molecule has 0 radical (unpaired) electrons. The van der Waals surface area contributed by atoms with Gasteiger partial charge in [0.05, 0.1) is 11.6 Å². The van der Waals surface area contributed by atoms with Gasteiger partial charge in [-0.3, -0.25) is 4.99 Å². The van der Waals surface area contributed by atoms with Crippen LogP contribution in [0.3, 0.4) is 0 Å². The van der Waals surface area contributed by atoms with Crippen molar-refractivity contribution < 1.29 is 4.39 Å². The fraction of sp³-hybridized carbons (Fsp3) is 0.462. The summed E-state index contributed by atoms with van der Waals surface area (Å²) < 4.78 is 14.2. The van der Waals surface area contributed by atoms with E-state index in [9.17, 15) is 4.39 Å². The molecular formula is C13H17ClFN3. The minimum atomic E-state index is -0.341. The zero-order chi connectivity index (χ0) is 13.2. The quantitative estimate of drug-likeness (QED) is 0.654. The normalized spacial score (nSPS) is 17.7. The molecule has 2 rings (SSSR count). The summed E-state index contributed by atoms with van der Waals surface area (Å²) in [7, 11) is 0. The summed E-state index contributed by atoms with van der Waals surface area (Å²) >= 11 is 5.86. The molecule has 0 spiro atoms. The molecule has 1 aromatic carbocycles. The SMILES string of the molecule is NC(N)=NCC1(c2cccc(Cl)c2F)CCCC1. The van der Waals surface area contributed by atoms with Gasteiger partial charge in [0, 0.05) is 5.41 Å². The molecule has 1 fully saturated rings. The van der Waals surface area contributed by atoms with Crippen LogP contribution in [0.2, 0.25) is 5.02 Å². The summed E-state index contributed by atoms with van der Waals surface area (Å²) in [5.41, 5.74) is 11.1. The van der Waals surface area contributed by atoms with Crippen LogP contribution in [0.4, 0.5) is 4.39 Å². The summed E-state index contributed by atoms with van der Waals surface area (Å²) in [4.78, 5) is 4.09. The fourth-order valence-electron chi connectivity index (χ4n) is 2.72. The summed E-state index contributed by atoms with van der Waals surface area (Å²) in [6.45, 7) is 0.423. The van der Waals surface area contributed by atoms with E-state index in [1.54, 1.807) is 18.2 Å². The highest BCUT2D eigenvalue weighted by molar-refractivity contribution is 6.30. The van der Waals surface area contributed by atoms with Crippen molar-refractivity contribution in [3.05, 3.63) is 34.6 Å². The van der Waals surface area contributed by atoms with Crippen LogP contribution < -0.4 is 11.5 Å². The Hall–Kier alpha value is -1.29. The first-order valence-corrected chi connectivity index (χ1v) is 6.43. The molecule has 1 aromatic rings. The highest BCUT2D eigenvalue weighted by Gasteiger charge is 2.38. The number of rotatable bonds is 3. The van der Waals surface area contributed by atoms with Gasteiger partial charge in [-0.1, -0.05) is 36.6 Å². The van der Waals surface area contributed by atoms with Gasteiger partial charge in [0.1, 0.15) is 5.82 Å². The third kappa shape index (κ3) is 2.43. The first kappa shape index (κ1) is 13.1. The molecule has 98 valence electrons. The van der Waals surface area contributed by atoms with Crippen LogP contribution in [-0.2, 0) is 5.41 Å². The summed E-state index contributed by atoms with van der Waals surface area (Å²) in [6.07, 6.45) is 3.90. The molecule has 0 unspecified atom stereocenters. The van der Waals surface area contributed by atoms with Crippen molar-refractivity contribution in [1.82, 2.24) is 0 Å². The number of nitrogens with two attached hydrogens (primary N) is 2. The van der Waals surface area contributed by atoms with Gasteiger partial charge in [-0.25, -0.2) is 4.39 Å². The van der Waals surface area contributed by atoms with Crippen molar-refractivity contribution in [1.29, 1.82) is 0 Å². The number of hydrogen-bond acceptors (Lipinski definition) is 1. The number of hydrogen-bond donors (Lipinski definition) is 2. The van der Waals surface area contributed by atoms with Gasteiger partial charge >= 0.3 is 0 Å². The maximum atomic E-state index is 14.2. The number of halogens is 2. The summed E-state index contributed by atoms with van der Waals surface area (Å²) in [6, 6.07) is 5.12. The van der Waals surface area contributed by atoms with Gasteiger partial charge in [-0.2, -0.15) is 0 Å². The van der Waals surface area contributed by atoms with Crippen molar-refractivity contribution in [2.75, 3.05) is 6.54 Å². The zero-order valence-corrected chi connectivity index (χ0v) is 10.9. The van der Waals surface area contributed by atoms with Gasteiger partial charge in [-0.15, -0.1) is 0 Å². The summed E-state index contributed by atoms with van der Waals surface area (Å²) in [5, 5.41) is 0.156. The Bertz CT molecular complexity index is 463. The van der Waals surface area contributed by atoms with Crippen molar-refractivity contribution in [2.45, 2.75) is 31.1 Å². The second-order valence-corrected chi connectivity index (χ2v) is 5.24. The van der Waals surface area contributed by atoms with E-state index in [1.807, 2.05) is 0 Å². The maximum absolute atomic E-state index is 14.2. The Kier molecular flexibility index (Phi) is 3.76. The first-order valence-electron chi connectivity index (χ1n) is 6.05. The maximum Gasteiger partial charge on any atom is 0.185 e. The molecule has 0 aromatic heterocycles. The smallest absolute Gasteiger partial charge is 0.185 e. The first-order chi connectivity index (χ1) is 8.55. The van der Waals surface area contributed by atoms with Crippen molar-refractivity contribution in [3.8, 4) is 0 Å². The Labute approximate surface area is 111 Å². The molecule has 1 aliphatic rings. The third-order valence-corrected chi connectivity index (χ3v) is 3.94. The molecule has 4 N–H and O–H groups in total. The van der Waals surface area contributed by atoms with Crippen molar-refractivity contribution in [2.24, 2.45) is 16.5 Å². The van der Waals surface area contributed by atoms with E-state index < -0.39 is 0 Å². The highest BCUT2D eigenvalue weighted by Crippen LogP contribution is 2.43. The van der Waals surface area contributed by atoms with Gasteiger partial charge in [0.25, 0.3) is 0 Å². The average Bonchev–Trinajstić information content (AvgIpc) is 2.80. The van der Waals surface area contributed by atoms with E-state index in [4.69, 9.17) is 23.1 Å². The Morgan fingerprint density at radius 1 is 1.33 bits per heavy atom. The number of benzene rings is 1. The fourth-order valence-corrected chi connectivity index (χ4v) is 2.89. The van der Waals surface area contributed by atoms with Crippen LogP contribution in [0.15, 0.2) is 23.2 Å². The second-order valence-electron chi connectivity index (χ2n) is 4.83. The van der Waals surface area contributed by atoms with E-state index in [0.717, 1.165) is 25.7 Å². The van der Waals surface area contributed by atoms with Crippen LogP contribution in [-0.4, -0.2) is 12.5 Å². The minimum absolute atomic E-state index is 0.0451. The molecule has 0 saturated heterocycles. The lowest BCUT2D eigenvalue weighted by atomic mass is 9.78. The van der Waals surface area contributed by atoms with Crippen molar-refractivity contribution in [3.63, 3.8) is 0 Å². The molecule has 1 saturated carbocycles. The lowest BCUT2D eigenvalue weighted by Crippen LogP contribution is -2.31. The molecule has 5 heteroatoms. The second kappa shape index (κ2) is 5.14. The third-order valence-electron chi connectivity index (χ3n) is 3.65. The molecule has 1 aliphatic carbocycles. The number of aliphatic imine (C=N–C) groups is 1. The Balaban J connectivity index is 2.41. The molecule has 0 bridgehead atoms. The van der Waals surface area contributed by atoms with Gasteiger partial charge in [-0.05, 0) is 24.5 Å². The molecule has 3 nitrogen and oxygen atoms in total. The van der Waals surface area contributed by atoms with E-state index >= 15 is 0 Å². The van der Waals surface area contributed by atoms with E-state index in [-0.39, 0.29) is 22.2 Å². The topological polar surface area (TPSA) is 64.4 Å². The number of nitrogens with zero attached hydrogens (tertiary/aromatic N) is 1. The average molecular weight is 270 g/mol. The molecular weight excluding hydrogens is 253 g/mol.